The van der Waals surface area contributed by atoms with Crippen LogP contribution in [0.4, 0.5) is 0 Å². The summed E-state index contributed by atoms with van der Waals surface area (Å²) in [5.74, 6) is 0.928. The maximum atomic E-state index is 5.89. The Morgan fingerprint density at radius 1 is 1.28 bits per heavy atom. The van der Waals surface area contributed by atoms with Crippen LogP contribution in [0.25, 0.3) is 5.70 Å². The second-order valence-corrected chi connectivity index (χ2v) is 5.13. The van der Waals surface area contributed by atoms with E-state index in [1.807, 2.05) is 34.3 Å². The van der Waals surface area contributed by atoms with E-state index in [9.17, 15) is 0 Å². The number of nitrogens with one attached hydrogen (secondary N) is 1. The number of nitrogens with zero attached hydrogens (tertiary/aromatic N) is 3. The zero-order valence-corrected chi connectivity index (χ0v) is 11.3. The number of thioether (sulfide) groups is 1. The number of benzene rings is 1. The van der Waals surface area contributed by atoms with Crippen LogP contribution >= 0.6 is 23.4 Å². The number of hydrogen-bond donors (Lipinski definition) is 1. The number of rotatable bonds is 2. The normalized spacial score (nSPS) is 13.8. The van der Waals surface area contributed by atoms with E-state index < -0.39 is 0 Å². The maximum absolute atomic E-state index is 5.89. The van der Waals surface area contributed by atoms with Gasteiger partial charge in [0.25, 0.3) is 0 Å². The topological polar surface area (TPSA) is 42.7 Å². The summed E-state index contributed by atoms with van der Waals surface area (Å²) in [6, 6.07) is 7.74. The van der Waals surface area contributed by atoms with Crippen LogP contribution in [0.5, 0.6) is 0 Å². The SMILES string of the molecule is CCc1nnc2n1NC(c1ccc(Cl)cc1)=CS2. The van der Waals surface area contributed by atoms with Gasteiger partial charge in [-0.2, -0.15) is 0 Å². The van der Waals surface area contributed by atoms with Gasteiger partial charge in [0.1, 0.15) is 0 Å². The molecule has 6 heteroatoms. The summed E-state index contributed by atoms with van der Waals surface area (Å²) in [5, 5.41) is 11.9. The Morgan fingerprint density at radius 3 is 2.78 bits per heavy atom. The zero-order chi connectivity index (χ0) is 12.5. The molecule has 0 radical (unpaired) electrons. The highest BCUT2D eigenvalue weighted by atomic mass is 35.5. The average Bonchev–Trinajstić information content (AvgIpc) is 2.81. The van der Waals surface area contributed by atoms with E-state index in [0.717, 1.165) is 33.7 Å². The lowest BCUT2D eigenvalue weighted by Crippen LogP contribution is -2.19. The van der Waals surface area contributed by atoms with Crippen molar-refractivity contribution in [2.45, 2.75) is 18.5 Å². The number of aryl methyl sites for hydroxylation is 1. The highest BCUT2D eigenvalue weighted by Gasteiger charge is 2.17. The molecule has 0 atom stereocenters. The molecule has 1 N–H and O–H groups in total. The first-order valence-corrected chi connectivity index (χ1v) is 6.88. The molecule has 0 fully saturated rings. The second-order valence-electron chi connectivity index (χ2n) is 3.86. The lowest BCUT2D eigenvalue weighted by Gasteiger charge is -2.18. The summed E-state index contributed by atoms with van der Waals surface area (Å²) < 4.78 is 1.93. The molecule has 2 heterocycles. The lowest BCUT2D eigenvalue weighted by molar-refractivity contribution is 0.773. The monoisotopic (exact) mass is 278 g/mol. The molecular weight excluding hydrogens is 268 g/mol. The third kappa shape index (κ3) is 2.00. The minimum Gasteiger partial charge on any atom is -0.290 e. The third-order valence-electron chi connectivity index (χ3n) is 2.69. The van der Waals surface area contributed by atoms with Crippen molar-refractivity contribution >= 4 is 29.1 Å². The Bertz CT molecular complexity index is 603. The second kappa shape index (κ2) is 4.66. The first kappa shape index (κ1) is 11.6. The van der Waals surface area contributed by atoms with Crippen LogP contribution in [0.2, 0.25) is 5.02 Å². The van der Waals surface area contributed by atoms with E-state index >= 15 is 0 Å². The van der Waals surface area contributed by atoms with Gasteiger partial charge >= 0.3 is 0 Å². The molecule has 1 aromatic heterocycles. The van der Waals surface area contributed by atoms with Gasteiger partial charge in [-0.05, 0) is 12.1 Å². The number of fused-ring (bicyclic) bond motifs is 1. The van der Waals surface area contributed by atoms with Crippen molar-refractivity contribution in [3.05, 3.63) is 46.1 Å². The summed E-state index contributed by atoms with van der Waals surface area (Å²) in [7, 11) is 0. The average molecular weight is 279 g/mol. The Morgan fingerprint density at radius 2 is 2.06 bits per heavy atom. The van der Waals surface area contributed by atoms with Gasteiger partial charge in [-0.15, -0.1) is 10.2 Å². The van der Waals surface area contributed by atoms with E-state index in [1.54, 1.807) is 11.8 Å². The molecule has 2 aromatic rings. The molecule has 0 saturated heterocycles. The van der Waals surface area contributed by atoms with Crippen LogP contribution in [0.15, 0.2) is 34.8 Å². The number of hydrogen-bond acceptors (Lipinski definition) is 4. The first-order chi connectivity index (χ1) is 8.78. The standard InChI is InChI=1S/C12H11ClN4S/c1-2-11-14-15-12-17(11)16-10(7-18-12)8-3-5-9(13)6-4-8/h3-7,16H,2H2,1H3. The maximum Gasteiger partial charge on any atom is 0.214 e. The van der Waals surface area contributed by atoms with Crippen molar-refractivity contribution in [2.24, 2.45) is 0 Å². The number of halogens is 1. The fourth-order valence-corrected chi connectivity index (χ4v) is 2.62. The van der Waals surface area contributed by atoms with Gasteiger partial charge in [0.15, 0.2) is 5.82 Å². The van der Waals surface area contributed by atoms with Crippen LogP contribution in [0.3, 0.4) is 0 Å². The molecule has 0 spiro atoms. The minimum atomic E-state index is 0.738. The van der Waals surface area contributed by atoms with Crippen molar-refractivity contribution in [1.29, 1.82) is 0 Å². The summed E-state index contributed by atoms with van der Waals surface area (Å²) in [4.78, 5) is 0. The third-order valence-corrected chi connectivity index (χ3v) is 3.77. The van der Waals surface area contributed by atoms with Crippen LogP contribution in [0, 0.1) is 0 Å². The largest absolute Gasteiger partial charge is 0.290 e. The van der Waals surface area contributed by atoms with E-state index in [1.165, 1.54) is 0 Å². The van der Waals surface area contributed by atoms with Crippen LogP contribution in [-0.2, 0) is 6.42 Å². The Hall–Kier alpha value is -1.46. The summed E-state index contributed by atoms with van der Waals surface area (Å²) in [6.07, 6.45) is 0.842. The van der Waals surface area contributed by atoms with Gasteiger partial charge in [-0.25, -0.2) is 4.68 Å². The molecule has 0 aliphatic carbocycles. The quantitative estimate of drug-likeness (QED) is 0.916. The fourth-order valence-electron chi connectivity index (χ4n) is 1.74. The molecule has 4 nitrogen and oxygen atoms in total. The molecule has 1 aromatic carbocycles. The van der Waals surface area contributed by atoms with Gasteiger partial charge in [-0.3, -0.25) is 5.43 Å². The molecule has 3 rings (SSSR count). The molecule has 0 amide bonds. The van der Waals surface area contributed by atoms with Crippen LogP contribution in [-0.4, -0.2) is 14.9 Å². The van der Waals surface area contributed by atoms with Gasteiger partial charge in [0.05, 0.1) is 5.70 Å². The van der Waals surface area contributed by atoms with Crippen molar-refractivity contribution < 1.29 is 0 Å². The molecule has 0 saturated carbocycles. The minimum absolute atomic E-state index is 0.738. The smallest absolute Gasteiger partial charge is 0.214 e. The van der Waals surface area contributed by atoms with Crippen LogP contribution in [0.1, 0.15) is 18.3 Å². The molecular formula is C12H11ClN4S. The Labute approximate surface area is 114 Å². The van der Waals surface area contributed by atoms with Crippen molar-refractivity contribution in [2.75, 3.05) is 5.43 Å². The molecule has 1 aliphatic heterocycles. The van der Waals surface area contributed by atoms with Crippen molar-refractivity contribution in [3.63, 3.8) is 0 Å². The van der Waals surface area contributed by atoms with E-state index in [0.29, 0.717) is 0 Å². The van der Waals surface area contributed by atoms with Crippen LogP contribution < -0.4 is 5.43 Å². The summed E-state index contributed by atoms with van der Waals surface area (Å²) in [6.45, 7) is 2.06. The van der Waals surface area contributed by atoms with E-state index in [2.05, 4.69) is 22.5 Å². The first-order valence-electron chi connectivity index (χ1n) is 5.62. The van der Waals surface area contributed by atoms with Crippen molar-refractivity contribution in [1.82, 2.24) is 14.9 Å². The van der Waals surface area contributed by atoms with Gasteiger partial charge in [-0.1, -0.05) is 42.4 Å². The lowest BCUT2D eigenvalue weighted by atomic mass is 10.2. The predicted molar refractivity (Wildman–Crippen MR) is 74.0 cm³/mol. The fraction of sp³-hybridized carbons (Fsp3) is 0.167. The van der Waals surface area contributed by atoms with Gasteiger partial charge < -0.3 is 0 Å². The van der Waals surface area contributed by atoms with Crippen molar-refractivity contribution in [3.8, 4) is 0 Å². The Kier molecular flexibility index (Phi) is 3.01. The van der Waals surface area contributed by atoms with E-state index in [4.69, 9.17) is 11.6 Å². The predicted octanol–water partition coefficient (Wildman–Crippen LogP) is 3.14. The van der Waals surface area contributed by atoms with Gasteiger partial charge in [0, 0.05) is 22.4 Å². The highest BCUT2D eigenvalue weighted by molar-refractivity contribution is 8.02. The molecule has 18 heavy (non-hydrogen) atoms. The molecule has 0 bridgehead atoms. The van der Waals surface area contributed by atoms with Gasteiger partial charge in [0.2, 0.25) is 5.16 Å². The zero-order valence-electron chi connectivity index (χ0n) is 9.72. The molecule has 1 aliphatic rings. The molecule has 92 valence electrons. The van der Waals surface area contributed by atoms with E-state index in [-0.39, 0.29) is 0 Å². The number of aromatic nitrogens is 3. The summed E-state index contributed by atoms with van der Waals surface area (Å²) >= 11 is 7.46. The Balaban J connectivity index is 1.92. The molecule has 0 unspecified atom stereocenters. The summed E-state index contributed by atoms with van der Waals surface area (Å²) in [5.41, 5.74) is 5.44. The highest BCUT2D eigenvalue weighted by Crippen LogP contribution is 2.28.